The Morgan fingerprint density at radius 3 is 2.73 bits per heavy atom. The molecular formula is C18H22N6OS. The quantitative estimate of drug-likeness (QED) is 0.753. The largest absolute Gasteiger partial charge is 0.337 e. The van der Waals surface area contributed by atoms with Crippen LogP contribution in [0.25, 0.3) is 11.4 Å². The normalized spacial score (nSPS) is 15.5. The number of nitrogens with zero attached hydrogens (tertiary/aromatic N) is 5. The van der Waals surface area contributed by atoms with Crippen LogP contribution in [0.15, 0.2) is 29.7 Å². The molecule has 0 aromatic carbocycles. The Balaban J connectivity index is 1.69. The summed E-state index contributed by atoms with van der Waals surface area (Å²) in [6, 6.07) is 6.08. The Hall–Kier alpha value is -2.40. The van der Waals surface area contributed by atoms with Gasteiger partial charge in [0.2, 0.25) is 5.91 Å². The SMILES string of the molecule is CCCn1c(SCC(=O)NC2(C#N)CCCC2)nnc1-c1ccncc1. The van der Waals surface area contributed by atoms with E-state index in [9.17, 15) is 10.1 Å². The van der Waals surface area contributed by atoms with Gasteiger partial charge in [0.15, 0.2) is 11.0 Å². The molecule has 2 aromatic heterocycles. The number of carbonyl (C=O) groups is 1. The van der Waals surface area contributed by atoms with Crippen molar-refractivity contribution < 1.29 is 4.79 Å². The van der Waals surface area contributed by atoms with Crippen LogP contribution in [0.1, 0.15) is 39.0 Å². The van der Waals surface area contributed by atoms with Crippen LogP contribution in [0.4, 0.5) is 0 Å². The van der Waals surface area contributed by atoms with Crippen molar-refractivity contribution in [3.05, 3.63) is 24.5 Å². The van der Waals surface area contributed by atoms with E-state index in [1.807, 2.05) is 16.7 Å². The standard InChI is InChI=1S/C18H22N6OS/c1-2-11-24-16(14-5-9-20-10-6-14)22-23-17(24)26-12-15(25)21-18(13-19)7-3-4-8-18/h5-6,9-10H,2-4,7-8,11-12H2,1H3,(H,21,25). The molecule has 0 unspecified atom stereocenters. The number of aromatic nitrogens is 4. The summed E-state index contributed by atoms with van der Waals surface area (Å²) in [7, 11) is 0. The van der Waals surface area contributed by atoms with Crippen molar-refractivity contribution in [1.29, 1.82) is 5.26 Å². The van der Waals surface area contributed by atoms with Gasteiger partial charge in [0.25, 0.3) is 0 Å². The first-order chi connectivity index (χ1) is 12.7. The molecule has 1 saturated carbocycles. The van der Waals surface area contributed by atoms with E-state index >= 15 is 0 Å². The van der Waals surface area contributed by atoms with E-state index in [1.165, 1.54) is 11.8 Å². The second-order valence-electron chi connectivity index (χ2n) is 6.43. The van der Waals surface area contributed by atoms with E-state index in [0.717, 1.165) is 50.0 Å². The summed E-state index contributed by atoms with van der Waals surface area (Å²) >= 11 is 1.36. The number of thioether (sulfide) groups is 1. The number of nitrogens with one attached hydrogen (secondary N) is 1. The lowest BCUT2D eigenvalue weighted by Crippen LogP contribution is -2.45. The van der Waals surface area contributed by atoms with Crippen molar-refractivity contribution >= 4 is 17.7 Å². The zero-order chi connectivity index (χ0) is 18.4. The van der Waals surface area contributed by atoms with Crippen LogP contribution in [-0.2, 0) is 11.3 Å². The zero-order valence-corrected chi connectivity index (χ0v) is 15.6. The highest BCUT2D eigenvalue weighted by Crippen LogP contribution is 2.29. The fourth-order valence-electron chi connectivity index (χ4n) is 3.21. The fourth-order valence-corrected chi connectivity index (χ4v) is 3.98. The second kappa shape index (κ2) is 8.32. The van der Waals surface area contributed by atoms with Crippen LogP contribution in [0.3, 0.4) is 0 Å². The average Bonchev–Trinajstić information content (AvgIpc) is 3.29. The Morgan fingerprint density at radius 2 is 2.08 bits per heavy atom. The van der Waals surface area contributed by atoms with Gasteiger partial charge in [-0.3, -0.25) is 9.78 Å². The second-order valence-corrected chi connectivity index (χ2v) is 7.37. The molecule has 26 heavy (non-hydrogen) atoms. The zero-order valence-electron chi connectivity index (χ0n) is 14.8. The van der Waals surface area contributed by atoms with Crippen molar-refractivity contribution in [2.24, 2.45) is 0 Å². The Morgan fingerprint density at radius 1 is 1.35 bits per heavy atom. The summed E-state index contributed by atoms with van der Waals surface area (Å²) in [6.45, 7) is 2.87. The molecule has 2 heterocycles. The lowest BCUT2D eigenvalue weighted by Gasteiger charge is -2.21. The van der Waals surface area contributed by atoms with Crippen LogP contribution >= 0.6 is 11.8 Å². The molecule has 1 fully saturated rings. The van der Waals surface area contributed by atoms with Gasteiger partial charge in [0.05, 0.1) is 11.8 Å². The number of hydrogen-bond donors (Lipinski definition) is 1. The van der Waals surface area contributed by atoms with E-state index in [-0.39, 0.29) is 11.7 Å². The monoisotopic (exact) mass is 370 g/mol. The molecule has 0 spiro atoms. The minimum atomic E-state index is -0.684. The van der Waals surface area contributed by atoms with Gasteiger partial charge in [-0.15, -0.1) is 10.2 Å². The van der Waals surface area contributed by atoms with Crippen molar-refractivity contribution in [1.82, 2.24) is 25.1 Å². The Kier molecular flexibility index (Phi) is 5.89. The van der Waals surface area contributed by atoms with Crippen LogP contribution in [0, 0.1) is 11.3 Å². The summed E-state index contributed by atoms with van der Waals surface area (Å²) in [4.78, 5) is 16.4. The van der Waals surface area contributed by atoms with Crippen LogP contribution in [0.5, 0.6) is 0 Å². The van der Waals surface area contributed by atoms with Crippen LogP contribution in [0.2, 0.25) is 0 Å². The van der Waals surface area contributed by atoms with E-state index < -0.39 is 5.54 Å². The van der Waals surface area contributed by atoms with Gasteiger partial charge in [-0.1, -0.05) is 18.7 Å². The summed E-state index contributed by atoms with van der Waals surface area (Å²) in [6.07, 6.45) is 7.83. The van der Waals surface area contributed by atoms with Gasteiger partial charge in [-0.2, -0.15) is 5.26 Å². The van der Waals surface area contributed by atoms with Crippen molar-refractivity contribution in [2.75, 3.05) is 5.75 Å². The van der Waals surface area contributed by atoms with E-state index in [0.29, 0.717) is 5.16 Å². The molecule has 7 nitrogen and oxygen atoms in total. The number of amides is 1. The molecule has 2 aromatic rings. The molecule has 1 N–H and O–H groups in total. The molecule has 0 atom stereocenters. The van der Waals surface area contributed by atoms with Gasteiger partial charge < -0.3 is 9.88 Å². The first-order valence-corrected chi connectivity index (χ1v) is 9.84. The molecule has 0 saturated heterocycles. The molecule has 1 aliphatic rings. The molecule has 3 rings (SSSR count). The third kappa shape index (κ3) is 4.05. The molecule has 1 amide bonds. The third-order valence-electron chi connectivity index (χ3n) is 4.48. The number of carbonyl (C=O) groups excluding carboxylic acids is 1. The number of hydrogen-bond acceptors (Lipinski definition) is 6. The lowest BCUT2D eigenvalue weighted by atomic mass is 10.0. The molecule has 1 aliphatic carbocycles. The maximum atomic E-state index is 12.3. The predicted molar refractivity (Wildman–Crippen MR) is 99.2 cm³/mol. The molecule has 136 valence electrons. The van der Waals surface area contributed by atoms with Gasteiger partial charge in [0.1, 0.15) is 5.54 Å². The van der Waals surface area contributed by atoms with E-state index in [1.54, 1.807) is 12.4 Å². The topological polar surface area (TPSA) is 96.5 Å². The van der Waals surface area contributed by atoms with E-state index in [2.05, 4.69) is 33.5 Å². The Labute approximate surface area is 157 Å². The first kappa shape index (κ1) is 18.4. The minimum Gasteiger partial charge on any atom is -0.337 e. The van der Waals surface area contributed by atoms with Gasteiger partial charge >= 0.3 is 0 Å². The molecule has 0 radical (unpaired) electrons. The highest BCUT2D eigenvalue weighted by Gasteiger charge is 2.35. The van der Waals surface area contributed by atoms with Crippen molar-refractivity contribution in [3.8, 4) is 17.5 Å². The number of pyridine rings is 1. The average molecular weight is 370 g/mol. The van der Waals surface area contributed by atoms with E-state index in [4.69, 9.17) is 0 Å². The molecular weight excluding hydrogens is 348 g/mol. The molecule has 8 heteroatoms. The first-order valence-electron chi connectivity index (χ1n) is 8.86. The van der Waals surface area contributed by atoms with Gasteiger partial charge in [-0.25, -0.2) is 0 Å². The minimum absolute atomic E-state index is 0.130. The Bertz CT molecular complexity index is 792. The summed E-state index contributed by atoms with van der Waals surface area (Å²) in [5.41, 5.74) is 0.267. The van der Waals surface area contributed by atoms with Crippen LogP contribution < -0.4 is 5.32 Å². The predicted octanol–water partition coefficient (Wildman–Crippen LogP) is 2.79. The van der Waals surface area contributed by atoms with Gasteiger partial charge in [0, 0.05) is 24.5 Å². The smallest absolute Gasteiger partial charge is 0.231 e. The maximum Gasteiger partial charge on any atom is 0.231 e. The van der Waals surface area contributed by atoms with Crippen molar-refractivity contribution in [3.63, 3.8) is 0 Å². The van der Waals surface area contributed by atoms with Crippen LogP contribution in [-0.4, -0.2) is 36.9 Å². The highest BCUT2D eigenvalue weighted by atomic mass is 32.2. The summed E-state index contributed by atoms with van der Waals surface area (Å²) in [5.74, 6) is 0.873. The highest BCUT2D eigenvalue weighted by molar-refractivity contribution is 7.99. The van der Waals surface area contributed by atoms with Gasteiger partial charge in [-0.05, 0) is 44.2 Å². The summed E-state index contributed by atoms with van der Waals surface area (Å²) in [5, 5.41) is 21.6. The third-order valence-corrected chi connectivity index (χ3v) is 5.45. The molecule has 0 bridgehead atoms. The summed E-state index contributed by atoms with van der Waals surface area (Å²) < 4.78 is 2.03. The fraction of sp³-hybridized carbons (Fsp3) is 0.500. The number of nitriles is 1. The lowest BCUT2D eigenvalue weighted by molar-refractivity contribution is -0.119. The number of rotatable bonds is 7. The maximum absolute atomic E-state index is 12.3. The molecule has 0 aliphatic heterocycles. The van der Waals surface area contributed by atoms with Crippen molar-refractivity contribution in [2.45, 2.75) is 56.3 Å².